The van der Waals surface area contributed by atoms with E-state index in [9.17, 15) is 14.0 Å². The predicted octanol–water partition coefficient (Wildman–Crippen LogP) is 3.44. The first kappa shape index (κ1) is 18.4. The van der Waals surface area contributed by atoms with Gasteiger partial charge < -0.3 is 14.7 Å². The lowest BCUT2D eigenvalue weighted by molar-refractivity contribution is -0.137. The van der Waals surface area contributed by atoms with Gasteiger partial charge >= 0.3 is 5.97 Å². The molecular formula is C19H20FNO4. The molecule has 0 saturated carbocycles. The van der Waals surface area contributed by atoms with Crippen LogP contribution in [0.3, 0.4) is 0 Å². The normalized spacial score (nSPS) is 10.4. The van der Waals surface area contributed by atoms with Crippen molar-refractivity contribution in [2.75, 3.05) is 20.7 Å². The van der Waals surface area contributed by atoms with E-state index < -0.39 is 17.7 Å². The summed E-state index contributed by atoms with van der Waals surface area (Å²) < 4.78 is 19.5. The van der Waals surface area contributed by atoms with E-state index in [1.54, 1.807) is 25.3 Å². The van der Waals surface area contributed by atoms with E-state index in [0.717, 1.165) is 5.56 Å². The molecule has 0 heterocycles. The molecule has 1 amide bonds. The van der Waals surface area contributed by atoms with Gasteiger partial charge in [-0.2, -0.15) is 0 Å². The number of ether oxygens (including phenoxy) is 1. The molecule has 1 N–H and O–H groups in total. The van der Waals surface area contributed by atoms with Gasteiger partial charge in [-0.05, 0) is 41.8 Å². The summed E-state index contributed by atoms with van der Waals surface area (Å²) in [6.45, 7) is 0.255. The van der Waals surface area contributed by atoms with Crippen LogP contribution in [0, 0.1) is 5.82 Å². The number of carbonyl (C=O) groups is 2. The number of nitrogens with zero attached hydrogens (tertiary/aromatic N) is 1. The predicted molar refractivity (Wildman–Crippen MR) is 92.2 cm³/mol. The highest BCUT2D eigenvalue weighted by Crippen LogP contribution is 2.24. The van der Waals surface area contributed by atoms with Crippen LogP contribution in [0.2, 0.25) is 0 Å². The Labute approximate surface area is 145 Å². The third-order valence-corrected chi connectivity index (χ3v) is 3.85. The van der Waals surface area contributed by atoms with Gasteiger partial charge in [-0.15, -0.1) is 0 Å². The smallest absolute Gasteiger partial charge is 0.303 e. The summed E-state index contributed by atoms with van der Waals surface area (Å²) in [6, 6.07) is 11.6. The maximum absolute atomic E-state index is 14.4. The molecule has 132 valence electrons. The first-order chi connectivity index (χ1) is 11.9. The van der Waals surface area contributed by atoms with Crippen molar-refractivity contribution in [3.8, 4) is 16.9 Å². The number of benzene rings is 2. The summed E-state index contributed by atoms with van der Waals surface area (Å²) in [5, 5.41) is 8.63. The first-order valence-corrected chi connectivity index (χ1v) is 7.83. The van der Waals surface area contributed by atoms with Crippen LogP contribution in [0.1, 0.15) is 23.2 Å². The molecule has 5 nitrogen and oxygen atoms in total. The second-order valence-corrected chi connectivity index (χ2v) is 5.65. The highest BCUT2D eigenvalue weighted by molar-refractivity contribution is 5.94. The van der Waals surface area contributed by atoms with Crippen LogP contribution in [0.5, 0.6) is 5.75 Å². The minimum absolute atomic E-state index is 0.0312. The molecule has 0 atom stereocenters. The fourth-order valence-electron chi connectivity index (χ4n) is 2.43. The molecule has 2 rings (SSSR count). The van der Waals surface area contributed by atoms with Crippen molar-refractivity contribution in [2.45, 2.75) is 12.8 Å². The molecule has 0 bridgehead atoms. The topological polar surface area (TPSA) is 66.8 Å². The number of halogens is 1. The van der Waals surface area contributed by atoms with Gasteiger partial charge in [0.1, 0.15) is 11.6 Å². The van der Waals surface area contributed by atoms with Gasteiger partial charge in [0.2, 0.25) is 0 Å². The van der Waals surface area contributed by atoms with E-state index in [2.05, 4.69) is 0 Å². The van der Waals surface area contributed by atoms with Gasteiger partial charge in [0, 0.05) is 20.0 Å². The zero-order chi connectivity index (χ0) is 18.4. The number of aliphatic carboxylic acids is 1. The first-order valence-electron chi connectivity index (χ1n) is 7.83. The molecule has 0 radical (unpaired) electrons. The zero-order valence-corrected chi connectivity index (χ0v) is 14.2. The highest BCUT2D eigenvalue weighted by atomic mass is 19.1. The van der Waals surface area contributed by atoms with Gasteiger partial charge in [0.25, 0.3) is 5.91 Å². The van der Waals surface area contributed by atoms with Crippen LogP contribution < -0.4 is 4.74 Å². The Balaban J connectivity index is 2.12. The van der Waals surface area contributed by atoms with Crippen LogP contribution >= 0.6 is 0 Å². The third kappa shape index (κ3) is 4.79. The molecule has 0 fully saturated rings. The van der Waals surface area contributed by atoms with Crippen LogP contribution in [-0.4, -0.2) is 42.6 Å². The molecule has 0 spiro atoms. The summed E-state index contributed by atoms with van der Waals surface area (Å²) in [5.74, 6) is -1.29. The lowest BCUT2D eigenvalue weighted by Crippen LogP contribution is -2.28. The van der Waals surface area contributed by atoms with Gasteiger partial charge in [-0.25, -0.2) is 4.39 Å². The molecule has 2 aromatic rings. The Morgan fingerprint density at radius 3 is 2.32 bits per heavy atom. The molecule has 0 aromatic heterocycles. The van der Waals surface area contributed by atoms with E-state index in [0.29, 0.717) is 17.7 Å². The molecule has 6 heteroatoms. The van der Waals surface area contributed by atoms with Crippen molar-refractivity contribution in [1.82, 2.24) is 4.90 Å². The standard InChI is InChI=1S/C19H20FNO4/c1-21(11-3-4-18(22)23)19(24)16-10-7-14(12-17(16)20)13-5-8-15(25-2)9-6-13/h5-10,12H,3-4,11H2,1-2H3,(H,22,23). The van der Waals surface area contributed by atoms with Crippen molar-refractivity contribution >= 4 is 11.9 Å². The van der Waals surface area contributed by atoms with Crippen LogP contribution in [0.15, 0.2) is 42.5 Å². The summed E-state index contributed by atoms with van der Waals surface area (Å²) >= 11 is 0. The summed E-state index contributed by atoms with van der Waals surface area (Å²) in [6.07, 6.45) is 0.291. The quantitative estimate of drug-likeness (QED) is 0.835. The van der Waals surface area contributed by atoms with Crippen LogP contribution in [0.4, 0.5) is 4.39 Å². The fourth-order valence-corrected chi connectivity index (χ4v) is 2.43. The summed E-state index contributed by atoms with van der Waals surface area (Å²) in [5.41, 5.74) is 1.44. The minimum Gasteiger partial charge on any atom is -0.497 e. The third-order valence-electron chi connectivity index (χ3n) is 3.85. The number of rotatable bonds is 7. The Bertz CT molecular complexity index is 759. The van der Waals surface area contributed by atoms with E-state index >= 15 is 0 Å². The summed E-state index contributed by atoms with van der Waals surface area (Å²) in [7, 11) is 3.10. The Kier molecular flexibility index (Phi) is 6.11. The number of carbonyl (C=O) groups excluding carboxylic acids is 1. The highest BCUT2D eigenvalue weighted by Gasteiger charge is 2.17. The van der Waals surface area contributed by atoms with Gasteiger partial charge in [-0.1, -0.05) is 18.2 Å². The second-order valence-electron chi connectivity index (χ2n) is 5.65. The van der Waals surface area contributed by atoms with Crippen molar-refractivity contribution in [2.24, 2.45) is 0 Å². The molecule has 0 unspecified atom stereocenters. The zero-order valence-electron chi connectivity index (χ0n) is 14.2. The van der Waals surface area contributed by atoms with Crippen LogP contribution in [-0.2, 0) is 4.79 Å². The largest absolute Gasteiger partial charge is 0.497 e. The van der Waals surface area contributed by atoms with Gasteiger partial charge in [-0.3, -0.25) is 9.59 Å². The Morgan fingerprint density at radius 2 is 1.76 bits per heavy atom. The van der Waals surface area contributed by atoms with Crippen molar-refractivity contribution < 1.29 is 23.8 Å². The lowest BCUT2D eigenvalue weighted by atomic mass is 10.0. The average Bonchev–Trinajstić information content (AvgIpc) is 2.60. The van der Waals surface area contributed by atoms with Crippen molar-refractivity contribution in [1.29, 1.82) is 0 Å². The number of carboxylic acid groups (broad SMARTS) is 1. The lowest BCUT2D eigenvalue weighted by Gasteiger charge is -2.17. The molecule has 2 aromatic carbocycles. The Morgan fingerprint density at radius 1 is 1.12 bits per heavy atom. The van der Waals surface area contributed by atoms with Crippen LogP contribution in [0.25, 0.3) is 11.1 Å². The number of amides is 1. The van der Waals surface area contributed by atoms with Crippen molar-refractivity contribution in [3.05, 3.63) is 53.8 Å². The van der Waals surface area contributed by atoms with E-state index in [4.69, 9.17) is 9.84 Å². The van der Waals surface area contributed by atoms with E-state index in [1.807, 2.05) is 12.1 Å². The minimum atomic E-state index is -0.920. The monoisotopic (exact) mass is 345 g/mol. The van der Waals surface area contributed by atoms with E-state index in [-0.39, 0.29) is 18.5 Å². The maximum Gasteiger partial charge on any atom is 0.303 e. The number of hydrogen-bond acceptors (Lipinski definition) is 3. The molecule has 0 aliphatic heterocycles. The molecule has 25 heavy (non-hydrogen) atoms. The van der Waals surface area contributed by atoms with Crippen molar-refractivity contribution in [3.63, 3.8) is 0 Å². The molecule has 0 aliphatic carbocycles. The summed E-state index contributed by atoms with van der Waals surface area (Å²) in [4.78, 5) is 24.1. The number of methoxy groups -OCH3 is 1. The maximum atomic E-state index is 14.4. The molecule has 0 aliphatic rings. The van der Waals surface area contributed by atoms with Gasteiger partial charge in [0.15, 0.2) is 0 Å². The number of hydrogen-bond donors (Lipinski definition) is 1. The average molecular weight is 345 g/mol. The SMILES string of the molecule is COc1ccc(-c2ccc(C(=O)N(C)CCCC(=O)O)c(F)c2)cc1. The fraction of sp³-hybridized carbons (Fsp3) is 0.263. The van der Waals surface area contributed by atoms with Gasteiger partial charge in [0.05, 0.1) is 12.7 Å². The number of carboxylic acids is 1. The Hall–Kier alpha value is -2.89. The second kappa shape index (κ2) is 8.28. The molecular weight excluding hydrogens is 325 g/mol. The molecule has 0 saturated heterocycles. The van der Waals surface area contributed by atoms with E-state index in [1.165, 1.54) is 24.1 Å².